The lowest BCUT2D eigenvalue weighted by molar-refractivity contribution is 0.0623. The van der Waals surface area contributed by atoms with Gasteiger partial charge in [-0.3, -0.25) is 9.59 Å². The molecule has 1 aliphatic heterocycles. The number of hydrogen-bond acceptors (Lipinski definition) is 4. The molecule has 0 radical (unpaired) electrons. The summed E-state index contributed by atoms with van der Waals surface area (Å²) in [4.78, 5) is 34.9. The van der Waals surface area contributed by atoms with Gasteiger partial charge in [0.15, 0.2) is 0 Å². The second-order valence-corrected chi connectivity index (χ2v) is 8.45. The van der Waals surface area contributed by atoms with Crippen LogP contribution in [0.2, 0.25) is 10.0 Å². The van der Waals surface area contributed by atoms with E-state index in [4.69, 9.17) is 28.9 Å². The molecule has 3 aromatic rings. The number of benzene rings is 2. The maximum Gasteiger partial charge on any atom is 0.255 e. The number of hydrogen-bond donors (Lipinski definition) is 3. The smallest absolute Gasteiger partial charge is 0.255 e. The van der Waals surface area contributed by atoms with Crippen molar-refractivity contribution >= 4 is 46.0 Å². The Balaban J connectivity index is 1.44. The van der Waals surface area contributed by atoms with Crippen LogP contribution in [0, 0.1) is 0 Å². The van der Waals surface area contributed by atoms with E-state index in [1.807, 2.05) is 6.07 Å². The van der Waals surface area contributed by atoms with E-state index in [1.165, 1.54) is 6.07 Å². The minimum Gasteiger partial charge on any atom is -0.345 e. The van der Waals surface area contributed by atoms with Crippen molar-refractivity contribution in [3.63, 3.8) is 0 Å². The molecule has 31 heavy (non-hydrogen) atoms. The first kappa shape index (κ1) is 21.6. The fourth-order valence-corrected chi connectivity index (χ4v) is 4.32. The maximum absolute atomic E-state index is 13.0. The van der Waals surface area contributed by atoms with E-state index >= 15 is 0 Å². The summed E-state index contributed by atoms with van der Waals surface area (Å²) in [5.74, 6) is 0.159. The van der Waals surface area contributed by atoms with E-state index < -0.39 is 0 Å². The number of fused-ring (bicyclic) bond motifs is 1. The lowest BCUT2D eigenvalue weighted by Gasteiger charge is -2.35. The highest BCUT2D eigenvalue weighted by atomic mass is 35.5. The van der Waals surface area contributed by atoms with Gasteiger partial charge in [-0.25, -0.2) is 4.98 Å². The number of rotatable bonds is 5. The summed E-state index contributed by atoms with van der Waals surface area (Å²) in [5.41, 5.74) is 8.16. The summed E-state index contributed by atoms with van der Waals surface area (Å²) < 4.78 is 0. The van der Waals surface area contributed by atoms with Gasteiger partial charge in [-0.05, 0) is 55.7 Å². The average Bonchev–Trinajstić information content (AvgIpc) is 3.18. The maximum atomic E-state index is 13.0. The fraction of sp³-hybridized carbons (Fsp3) is 0.318. The molecular weight excluding hydrogens is 437 g/mol. The van der Waals surface area contributed by atoms with Gasteiger partial charge in [-0.2, -0.15) is 0 Å². The van der Waals surface area contributed by atoms with Crippen LogP contribution in [0.15, 0.2) is 36.4 Å². The third kappa shape index (κ3) is 4.69. The summed E-state index contributed by atoms with van der Waals surface area (Å²) in [6.07, 6.45) is 2.92. The summed E-state index contributed by atoms with van der Waals surface area (Å²) in [6.45, 7) is 1.31. The van der Waals surface area contributed by atoms with Gasteiger partial charge in [0.2, 0.25) is 0 Å². The molecule has 2 heterocycles. The highest BCUT2D eigenvalue weighted by molar-refractivity contribution is 6.34. The van der Waals surface area contributed by atoms with Crippen LogP contribution in [0.1, 0.15) is 45.8 Å². The molecule has 162 valence electrons. The van der Waals surface area contributed by atoms with Crippen LogP contribution in [0.25, 0.3) is 11.0 Å². The molecule has 2 aromatic carbocycles. The molecule has 4 rings (SSSR count). The van der Waals surface area contributed by atoms with Crippen LogP contribution < -0.4 is 11.1 Å². The van der Waals surface area contributed by atoms with Gasteiger partial charge in [-0.15, -0.1) is 0 Å². The first-order valence-electron chi connectivity index (χ1n) is 10.2. The number of carbonyl (C=O) groups is 2. The Labute approximate surface area is 189 Å². The first-order chi connectivity index (χ1) is 15.0. The summed E-state index contributed by atoms with van der Waals surface area (Å²) in [6, 6.07) is 10.1. The number of H-pyrrole nitrogens is 1. The van der Waals surface area contributed by atoms with E-state index in [1.54, 1.807) is 29.2 Å². The number of carbonyl (C=O) groups excluding carboxylic acids is 2. The molecule has 1 aromatic heterocycles. The number of piperidine rings is 1. The van der Waals surface area contributed by atoms with Crippen LogP contribution in [0.4, 0.5) is 0 Å². The van der Waals surface area contributed by atoms with Crippen LogP contribution >= 0.6 is 23.2 Å². The summed E-state index contributed by atoms with van der Waals surface area (Å²) >= 11 is 12.4. The van der Waals surface area contributed by atoms with Gasteiger partial charge >= 0.3 is 0 Å². The zero-order valence-corrected chi connectivity index (χ0v) is 18.3. The van der Waals surface area contributed by atoms with E-state index in [9.17, 15) is 9.59 Å². The van der Waals surface area contributed by atoms with Gasteiger partial charge in [-0.1, -0.05) is 23.2 Å². The molecule has 1 fully saturated rings. The minimum atomic E-state index is -0.308. The quantitative estimate of drug-likeness (QED) is 0.540. The van der Waals surface area contributed by atoms with Crippen molar-refractivity contribution in [3.05, 3.63) is 63.4 Å². The Morgan fingerprint density at radius 3 is 2.81 bits per heavy atom. The van der Waals surface area contributed by atoms with E-state index in [2.05, 4.69) is 15.3 Å². The Kier molecular flexibility index (Phi) is 6.46. The van der Waals surface area contributed by atoms with Crippen LogP contribution in [0.3, 0.4) is 0 Å². The molecular formula is C22H23Cl2N5O2. The number of aromatic nitrogens is 2. The van der Waals surface area contributed by atoms with Crippen LogP contribution in [0.5, 0.6) is 0 Å². The molecule has 4 N–H and O–H groups in total. The van der Waals surface area contributed by atoms with E-state index in [0.717, 1.165) is 30.3 Å². The number of likely N-dealkylation sites (tertiary alicyclic amines) is 1. The Morgan fingerprint density at radius 1 is 1.19 bits per heavy atom. The second kappa shape index (κ2) is 9.26. The monoisotopic (exact) mass is 459 g/mol. The highest BCUT2D eigenvalue weighted by Gasteiger charge is 2.27. The van der Waals surface area contributed by atoms with Gasteiger partial charge in [0.1, 0.15) is 5.82 Å². The van der Waals surface area contributed by atoms with E-state index in [0.29, 0.717) is 35.1 Å². The second-order valence-electron chi connectivity index (χ2n) is 7.61. The van der Waals surface area contributed by atoms with Gasteiger partial charge in [0.05, 0.1) is 28.2 Å². The van der Waals surface area contributed by atoms with Gasteiger partial charge in [0, 0.05) is 29.7 Å². The lowest BCUT2D eigenvalue weighted by Crippen LogP contribution is -2.47. The van der Waals surface area contributed by atoms with Gasteiger partial charge in [0.25, 0.3) is 11.8 Å². The highest BCUT2D eigenvalue weighted by Crippen LogP contribution is 2.24. The molecule has 1 atom stereocenters. The average molecular weight is 460 g/mol. The van der Waals surface area contributed by atoms with Crippen LogP contribution in [-0.2, 0) is 6.54 Å². The van der Waals surface area contributed by atoms with Crippen LogP contribution in [-0.4, -0.2) is 45.8 Å². The van der Waals surface area contributed by atoms with Crippen molar-refractivity contribution in [1.29, 1.82) is 0 Å². The van der Waals surface area contributed by atoms with Crippen molar-refractivity contribution in [2.45, 2.75) is 31.8 Å². The molecule has 1 unspecified atom stereocenters. The number of nitrogens with one attached hydrogen (secondary N) is 2. The molecule has 1 saturated heterocycles. The number of aromatic amines is 1. The van der Waals surface area contributed by atoms with Crippen molar-refractivity contribution < 1.29 is 9.59 Å². The zero-order chi connectivity index (χ0) is 22.0. The van der Waals surface area contributed by atoms with E-state index in [-0.39, 0.29) is 29.4 Å². The van der Waals surface area contributed by atoms with Crippen molar-refractivity contribution in [2.75, 3.05) is 13.1 Å². The molecule has 0 spiro atoms. The predicted molar refractivity (Wildman–Crippen MR) is 121 cm³/mol. The molecule has 0 bridgehead atoms. The first-order valence-corrected chi connectivity index (χ1v) is 10.9. The van der Waals surface area contributed by atoms with Crippen molar-refractivity contribution in [3.8, 4) is 0 Å². The third-order valence-corrected chi connectivity index (χ3v) is 6.08. The number of imidazole rings is 1. The minimum absolute atomic E-state index is 0.0268. The summed E-state index contributed by atoms with van der Waals surface area (Å²) in [7, 11) is 0. The number of nitrogens with zero attached hydrogens (tertiary/aromatic N) is 2. The standard InChI is InChI=1S/C22H23Cl2N5O2/c23-14-5-7-18-19(10-14)28-20(27-18)12-26-21(30)13-4-6-16(17(24)9-13)22(31)29-8-2-1-3-15(29)11-25/h4-7,9-10,15H,1-3,8,11-12,25H2,(H,26,30)(H,27,28). The zero-order valence-electron chi connectivity index (χ0n) is 16.8. The molecule has 0 saturated carbocycles. The Morgan fingerprint density at radius 2 is 2.03 bits per heavy atom. The predicted octanol–water partition coefficient (Wildman–Crippen LogP) is 3.75. The van der Waals surface area contributed by atoms with Crippen molar-refractivity contribution in [2.24, 2.45) is 5.73 Å². The largest absolute Gasteiger partial charge is 0.345 e. The molecule has 7 nitrogen and oxygen atoms in total. The Bertz CT molecular complexity index is 1130. The number of amides is 2. The Hall–Kier alpha value is -2.61. The van der Waals surface area contributed by atoms with Gasteiger partial charge < -0.3 is 20.9 Å². The number of halogens is 2. The third-order valence-electron chi connectivity index (χ3n) is 5.53. The van der Waals surface area contributed by atoms with Crippen molar-refractivity contribution in [1.82, 2.24) is 20.2 Å². The molecule has 1 aliphatic rings. The SMILES string of the molecule is NCC1CCCCN1C(=O)c1ccc(C(=O)NCc2nc3ccc(Cl)cc3[nH]2)cc1Cl. The summed E-state index contributed by atoms with van der Waals surface area (Å²) in [5, 5.41) is 3.67. The fourth-order valence-electron chi connectivity index (χ4n) is 3.88. The number of nitrogens with two attached hydrogens (primary N) is 1. The molecule has 9 heteroatoms. The normalized spacial score (nSPS) is 16.5. The molecule has 0 aliphatic carbocycles. The topological polar surface area (TPSA) is 104 Å². The lowest BCUT2D eigenvalue weighted by atomic mass is 10.0. The molecule has 2 amide bonds.